The van der Waals surface area contributed by atoms with Crippen LogP contribution < -0.4 is 5.32 Å². The van der Waals surface area contributed by atoms with Crippen molar-refractivity contribution < 1.29 is 9.59 Å². The molecule has 1 fully saturated rings. The maximum atomic E-state index is 12.6. The van der Waals surface area contributed by atoms with E-state index in [2.05, 4.69) is 20.2 Å². The van der Waals surface area contributed by atoms with Crippen LogP contribution in [-0.2, 0) is 4.79 Å². The number of nitrogens with zero attached hydrogens (tertiary/aromatic N) is 4. The minimum absolute atomic E-state index is 0.0629. The van der Waals surface area contributed by atoms with E-state index in [0.29, 0.717) is 31.9 Å². The molecule has 1 aliphatic heterocycles. The van der Waals surface area contributed by atoms with E-state index in [4.69, 9.17) is 0 Å². The number of nitrogens with one attached hydrogen (secondary N) is 1. The van der Waals surface area contributed by atoms with Gasteiger partial charge in [0.25, 0.3) is 5.91 Å². The van der Waals surface area contributed by atoms with E-state index in [1.54, 1.807) is 11.1 Å². The summed E-state index contributed by atoms with van der Waals surface area (Å²) in [5.74, 6) is -0.184. The average Bonchev–Trinajstić information content (AvgIpc) is 2.80. The molecule has 7 heteroatoms. The van der Waals surface area contributed by atoms with Gasteiger partial charge in [-0.15, -0.1) is 0 Å². The van der Waals surface area contributed by atoms with E-state index >= 15 is 0 Å². The first-order valence-electron chi connectivity index (χ1n) is 9.92. The van der Waals surface area contributed by atoms with Gasteiger partial charge in [-0.3, -0.25) is 19.5 Å². The first-order valence-corrected chi connectivity index (χ1v) is 9.92. The molecule has 152 valence electrons. The maximum absolute atomic E-state index is 12.6. The maximum Gasteiger partial charge on any atom is 0.274 e. The number of carbonyl (C=O) groups excluding carboxylic acids is 2. The van der Waals surface area contributed by atoms with Gasteiger partial charge < -0.3 is 10.2 Å². The summed E-state index contributed by atoms with van der Waals surface area (Å²) in [7, 11) is 0. The Hall–Kier alpha value is -3.58. The van der Waals surface area contributed by atoms with Crippen LogP contribution in [0.3, 0.4) is 0 Å². The molecule has 1 aliphatic rings. The van der Waals surface area contributed by atoms with E-state index in [9.17, 15) is 9.59 Å². The second-order valence-electron chi connectivity index (χ2n) is 7.12. The van der Waals surface area contributed by atoms with Gasteiger partial charge in [0.1, 0.15) is 5.69 Å². The van der Waals surface area contributed by atoms with Gasteiger partial charge in [-0.05, 0) is 11.6 Å². The Morgan fingerprint density at radius 3 is 2.37 bits per heavy atom. The van der Waals surface area contributed by atoms with Gasteiger partial charge in [0.05, 0.1) is 12.7 Å². The summed E-state index contributed by atoms with van der Waals surface area (Å²) in [6.45, 7) is 2.68. The molecule has 2 amide bonds. The lowest BCUT2D eigenvalue weighted by atomic mass is 10.0. The molecule has 1 aromatic heterocycles. The standard InChI is InChI=1S/C23H23N5O2/c29-22(26-20-9-5-4-8-19(20)18-6-2-1-3-7-18)17-27-12-14-28(15-13-27)23(30)21-16-24-10-11-25-21/h1-11,16H,12-15,17H2,(H,26,29). The highest BCUT2D eigenvalue weighted by Gasteiger charge is 2.24. The molecule has 0 unspecified atom stereocenters. The molecule has 2 heterocycles. The predicted molar refractivity (Wildman–Crippen MR) is 115 cm³/mol. The van der Waals surface area contributed by atoms with E-state index in [1.807, 2.05) is 54.6 Å². The molecule has 2 aromatic carbocycles. The first kappa shape index (κ1) is 19.7. The SMILES string of the molecule is O=C(CN1CCN(C(=O)c2cnccn2)CC1)Nc1ccccc1-c1ccccc1. The van der Waals surface area contributed by atoms with Crippen molar-refractivity contribution in [1.82, 2.24) is 19.8 Å². The van der Waals surface area contributed by atoms with Crippen molar-refractivity contribution in [3.05, 3.63) is 78.9 Å². The summed E-state index contributed by atoms with van der Waals surface area (Å²) in [5.41, 5.74) is 3.20. The Bertz CT molecular complexity index is 1000. The minimum Gasteiger partial charge on any atom is -0.335 e. The normalized spacial score (nSPS) is 14.3. The predicted octanol–water partition coefficient (Wildman–Crippen LogP) is 2.54. The van der Waals surface area contributed by atoms with Crippen LogP contribution in [0.1, 0.15) is 10.5 Å². The van der Waals surface area contributed by atoms with E-state index < -0.39 is 0 Å². The Morgan fingerprint density at radius 1 is 0.900 bits per heavy atom. The Kier molecular flexibility index (Phi) is 6.10. The molecule has 0 radical (unpaired) electrons. The molecule has 30 heavy (non-hydrogen) atoms. The van der Waals surface area contributed by atoms with Crippen LogP contribution >= 0.6 is 0 Å². The number of amides is 2. The fraction of sp³-hybridized carbons (Fsp3) is 0.217. The molecule has 0 atom stereocenters. The highest BCUT2D eigenvalue weighted by Crippen LogP contribution is 2.27. The number of anilines is 1. The third-order valence-corrected chi connectivity index (χ3v) is 5.09. The zero-order valence-electron chi connectivity index (χ0n) is 16.6. The number of aromatic nitrogens is 2. The second-order valence-corrected chi connectivity index (χ2v) is 7.12. The summed E-state index contributed by atoms with van der Waals surface area (Å²) in [6, 6.07) is 17.8. The largest absolute Gasteiger partial charge is 0.335 e. The lowest BCUT2D eigenvalue weighted by Crippen LogP contribution is -2.50. The molecular formula is C23H23N5O2. The van der Waals surface area contributed by atoms with Crippen molar-refractivity contribution >= 4 is 17.5 Å². The van der Waals surface area contributed by atoms with Gasteiger partial charge in [-0.2, -0.15) is 0 Å². The summed E-state index contributed by atoms with van der Waals surface area (Å²) < 4.78 is 0. The van der Waals surface area contributed by atoms with Crippen molar-refractivity contribution in [2.75, 3.05) is 38.0 Å². The van der Waals surface area contributed by atoms with E-state index in [0.717, 1.165) is 16.8 Å². The third-order valence-electron chi connectivity index (χ3n) is 5.09. The summed E-state index contributed by atoms with van der Waals surface area (Å²) in [5, 5.41) is 3.04. The number of hydrogen-bond donors (Lipinski definition) is 1. The molecule has 1 N–H and O–H groups in total. The van der Waals surface area contributed by atoms with Crippen molar-refractivity contribution in [3.63, 3.8) is 0 Å². The van der Waals surface area contributed by atoms with Gasteiger partial charge in [0.2, 0.25) is 5.91 Å². The molecule has 0 spiro atoms. The fourth-order valence-electron chi connectivity index (χ4n) is 3.53. The highest BCUT2D eigenvalue weighted by molar-refractivity contribution is 5.96. The quantitative estimate of drug-likeness (QED) is 0.711. The monoisotopic (exact) mass is 401 g/mol. The third kappa shape index (κ3) is 4.69. The van der Waals surface area contributed by atoms with Crippen LogP contribution in [0.5, 0.6) is 0 Å². The van der Waals surface area contributed by atoms with E-state index in [1.165, 1.54) is 12.4 Å². The van der Waals surface area contributed by atoms with Crippen LogP contribution in [0.15, 0.2) is 73.2 Å². The number of para-hydroxylation sites is 1. The summed E-state index contributed by atoms with van der Waals surface area (Å²) in [4.78, 5) is 36.9. The van der Waals surface area contributed by atoms with Gasteiger partial charge in [-0.1, -0.05) is 48.5 Å². The van der Waals surface area contributed by atoms with E-state index in [-0.39, 0.29) is 18.4 Å². The molecule has 0 bridgehead atoms. The number of rotatable bonds is 5. The van der Waals surface area contributed by atoms with Crippen LogP contribution in [0, 0.1) is 0 Å². The van der Waals surface area contributed by atoms with Crippen LogP contribution in [0.25, 0.3) is 11.1 Å². The van der Waals surface area contributed by atoms with Crippen LogP contribution in [-0.4, -0.2) is 64.3 Å². The lowest BCUT2D eigenvalue weighted by molar-refractivity contribution is -0.117. The summed E-state index contributed by atoms with van der Waals surface area (Å²) >= 11 is 0. The number of piperazine rings is 1. The van der Waals surface area contributed by atoms with Crippen molar-refractivity contribution in [2.24, 2.45) is 0 Å². The first-order chi connectivity index (χ1) is 14.7. The number of hydrogen-bond acceptors (Lipinski definition) is 5. The molecule has 0 aliphatic carbocycles. The Morgan fingerprint density at radius 2 is 1.63 bits per heavy atom. The molecule has 1 saturated heterocycles. The van der Waals surface area contributed by atoms with Crippen LogP contribution in [0.4, 0.5) is 5.69 Å². The van der Waals surface area contributed by atoms with Gasteiger partial charge in [0.15, 0.2) is 0 Å². The average molecular weight is 401 g/mol. The number of carbonyl (C=O) groups is 2. The zero-order chi connectivity index (χ0) is 20.8. The smallest absolute Gasteiger partial charge is 0.274 e. The van der Waals surface area contributed by atoms with Crippen molar-refractivity contribution in [2.45, 2.75) is 0 Å². The molecular weight excluding hydrogens is 378 g/mol. The molecule has 0 saturated carbocycles. The molecule has 7 nitrogen and oxygen atoms in total. The minimum atomic E-state index is -0.121. The lowest BCUT2D eigenvalue weighted by Gasteiger charge is -2.34. The van der Waals surface area contributed by atoms with Gasteiger partial charge in [-0.25, -0.2) is 4.98 Å². The highest BCUT2D eigenvalue weighted by atomic mass is 16.2. The Balaban J connectivity index is 1.33. The van der Waals surface area contributed by atoms with Crippen LogP contribution in [0.2, 0.25) is 0 Å². The van der Waals surface area contributed by atoms with Crippen molar-refractivity contribution in [3.8, 4) is 11.1 Å². The Labute approximate surface area is 175 Å². The molecule has 3 aromatic rings. The summed E-state index contributed by atoms with van der Waals surface area (Å²) in [6.07, 6.45) is 4.54. The van der Waals surface area contributed by atoms with Gasteiger partial charge in [0, 0.05) is 49.8 Å². The van der Waals surface area contributed by atoms with Gasteiger partial charge >= 0.3 is 0 Å². The number of benzene rings is 2. The fourth-order valence-corrected chi connectivity index (χ4v) is 3.53. The van der Waals surface area contributed by atoms with Crippen molar-refractivity contribution in [1.29, 1.82) is 0 Å². The zero-order valence-corrected chi connectivity index (χ0v) is 16.6. The topological polar surface area (TPSA) is 78.4 Å². The second kappa shape index (κ2) is 9.28. The molecule has 4 rings (SSSR count).